The zero-order valence-corrected chi connectivity index (χ0v) is 11.1. The average molecular weight is 289 g/mol. The topological polar surface area (TPSA) is 80.5 Å². The number of hydrogen-bond donors (Lipinski definition) is 1. The van der Waals surface area contributed by atoms with Gasteiger partial charge in [-0.05, 0) is 25.0 Å². The van der Waals surface area contributed by atoms with Crippen molar-refractivity contribution in [3.05, 3.63) is 29.3 Å². The second-order valence-corrected chi connectivity index (χ2v) is 6.37. The first-order valence-corrected chi connectivity index (χ1v) is 7.32. The van der Waals surface area contributed by atoms with E-state index in [-0.39, 0.29) is 9.92 Å². The van der Waals surface area contributed by atoms with Gasteiger partial charge in [0.2, 0.25) is 15.9 Å². The molecule has 0 spiro atoms. The molecule has 98 valence electrons. The summed E-state index contributed by atoms with van der Waals surface area (Å²) in [6.07, 6.45) is 1.08. The van der Waals surface area contributed by atoms with Crippen LogP contribution in [0.4, 0.5) is 0 Å². The van der Waals surface area contributed by atoms with Gasteiger partial charge in [0.1, 0.15) is 10.9 Å². The van der Waals surface area contributed by atoms with Crippen molar-refractivity contribution in [2.45, 2.75) is 23.8 Å². The molecule has 0 radical (unpaired) electrons. The predicted octanol–water partition coefficient (Wildman–Crippen LogP) is 0.978. The summed E-state index contributed by atoms with van der Waals surface area (Å²) >= 11 is 5.89. The first-order valence-electron chi connectivity index (χ1n) is 5.50. The minimum atomic E-state index is -3.76. The molecule has 2 N–H and O–H groups in total. The van der Waals surface area contributed by atoms with E-state index >= 15 is 0 Å². The smallest absolute Gasteiger partial charge is 0.245 e. The van der Waals surface area contributed by atoms with Gasteiger partial charge in [0.15, 0.2) is 0 Å². The Morgan fingerprint density at radius 2 is 2.06 bits per heavy atom. The standard InChI is InChI=1S/C11H13ClN2O3S/c12-8-4-1-2-6-10(8)18(16,17)14-7-3-5-9(14)11(13)15/h1-2,4,6,9H,3,5,7H2,(H2,13,15)/t9-/m1/s1. The Morgan fingerprint density at radius 3 is 2.67 bits per heavy atom. The van der Waals surface area contributed by atoms with E-state index in [1.54, 1.807) is 12.1 Å². The molecule has 1 heterocycles. The van der Waals surface area contributed by atoms with E-state index in [2.05, 4.69) is 0 Å². The molecule has 1 aliphatic heterocycles. The maximum Gasteiger partial charge on any atom is 0.245 e. The lowest BCUT2D eigenvalue weighted by Gasteiger charge is -2.22. The van der Waals surface area contributed by atoms with Crippen LogP contribution in [0.15, 0.2) is 29.2 Å². The second-order valence-electron chi connectivity index (χ2n) is 4.11. The highest BCUT2D eigenvalue weighted by Gasteiger charge is 2.39. The van der Waals surface area contributed by atoms with Gasteiger partial charge in [-0.2, -0.15) is 4.31 Å². The number of sulfonamides is 1. The summed E-state index contributed by atoms with van der Waals surface area (Å²) in [6, 6.07) is 5.40. The SMILES string of the molecule is NC(=O)[C@H]1CCCN1S(=O)(=O)c1ccccc1Cl. The van der Waals surface area contributed by atoms with Crippen molar-refractivity contribution in [3.63, 3.8) is 0 Å². The van der Waals surface area contributed by atoms with Gasteiger partial charge in [-0.1, -0.05) is 23.7 Å². The van der Waals surface area contributed by atoms with Crippen LogP contribution in [0.5, 0.6) is 0 Å². The first kappa shape index (κ1) is 13.3. The highest BCUT2D eigenvalue weighted by Crippen LogP contribution is 2.29. The Morgan fingerprint density at radius 1 is 1.39 bits per heavy atom. The van der Waals surface area contributed by atoms with Crippen molar-refractivity contribution in [1.82, 2.24) is 4.31 Å². The van der Waals surface area contributed by atoms with Crippen LogP contribution in [0.3, 0.4) is 0 Å². The number of primary amides is 1. The van der Waals surface area contributed by atoms with Crippen LogP contribution in [0, 0.1) is 0 Å². The van der Waals surface area contributed by atoms with Crippen LogP contribution in [-0.4, -0.2) is 31.2 Å². The maximum atomic E-state index is 12.4. The molecule has 0 aromatic heterocycles. The van der Waals surface area contributed by atoms with Crippen molar-refractivity contribution < 1.29 is 13.2 Å². The van der Waals surface area contributed by atoms with Gasteiger partial charge in [-0.25, -0.2) is 8.42 Å². The Kier molecular flexibility index (Phi) is 3.61. The molecule has 1 atom stereocenters. The van der Waals surface area contributed by atoms with Gasteiger partial charge >= 0.3 is 0 Å². The van der Waals surface area contributed by atoms with Gasteiger partial charge < -0.3 is 5.73 Å². The molecule has 1 aromatic rings. The predicted molar refractivity (Wildman–Crippen MR) is 67.6 cm³/mol. The van der Waals surface area contributed by atoms with Crippen LogP contribution < -0.4 is 5.73 Å². The normalized spacial score (nSPS) is 21.1. The number of nitrogens with zero attached hydrogens (tertiary/aromatic N) is 1. The number of benzene rings is 1. The van der Waals surface area contributed by atoms with Crippen LogP contribution >= 0.6 is 11.6 Å². The molecule has 1 saturated heterocycles. The molecule has 0 aliphatic carbocycles. The number of nitrogens with two attached hydrogens (primary N) is 1. The summed E-state index contributed by atoms with van der Waals surface area (Å²) in [5.41, 5.74) is 5.22. The van der Waals surface area contributed by atoms with Crippen molar-refractivity contribution >= 4 is 27.5 Å². The van der Waals surface area contributed by atoms with Crippen LogP contribution in [0.25, 0.3) is 0 Å². The van der Waals surface area contributed by atoms with Gasteiger partial charge in [0.25, 0.3) is 0 Å². The van der Waals surface area contributed by atoms with E-state index in [1.165, 1.54) is 12.1 Å². The molecule has 2 rings (SSSR count). The lowest BCUT2D eigenvalue weighted by atomic mass is 10.2. The Bertz CT molecular complexity index is 573. The number of rotatable bonds is 3. The van der Waals surface area contributed by atoms with E-state index in [0.717, 1.165) is 4.31 Å². The lowest BCUT2D eigenvalue weighted by Crippen LogP contribution is -2.43. The van der Waals surface area contributed by atoms with Gasteiger partial charge in [-0.15, -0.1) is 0 Å². The molecule has 0 saturated carbocycles. The Hall–Kier alpha value is -1.11. The molecule has 1 aliphatic rings. The highest BCUT2D eigenvalue weighted by molar-refractivity contribution is 7.89. The molecule has 1 fully saturated rings. The number of amides is 1. The van der Waals surface area contributed by atoms with Gasteiger partial charge in [0, 0.05) is 6.54 Å². The zero-order valence-electron chi connectivity index (χ0n) is 9.54. The number of carbonyl (C=O) groups excluding carboxylic acids is 1. The largest absolute Gasteiger partial charge is 0.368 e. The van der Waals surface area contributed by atoms with Crippen molar-refractivity contribution in [2.24, 2.45) is 5.73 Å². The van der Waals surface area contributed by atoms with Gasteiger partial charge in [-0.3, -0.25) is 4.79 Å². The molecular weight excluding hydrogens is 276 g/mol. The minimum Gasteiger partial charge on any atom is -0.368 e. The highest BCUT2D eigenvalue weighted by atomic mass is 35.5. The molecule has 5 nitrogen and oxygen atoms in total. The number of halogens is 1. The number of hydrogen-bond acceptors (Lipinski definition) is 3. The van der Waals surface area contributed by atoms with Crippen LogP contribution in [-0.2, 0) is 14.8 Å². The molecule has 0 bridgehead atoms. The third kappa shape index (κ3) is 2.23. The van der Waals surface area contributed by atoms with E-state index in [1.807, 2.05) is 0 Å². The van der Waals surface area contributed by atoms with Crippen molar-refractivity contribution in [3.8, 4) is 0 Å². The summed E-state index contributed by atoms with van der Waals surface area (Å²) in [5, 5.41) is 0.146. The minimum absolute atomic E-state index is 0.0137. The maximum absolute atomic E-state index is 12.4. The monoisotopic (exact) mass is 288 g/mol. The molecule has 0 unspecified atom stereocenters. The third-order valence-corrected chi connectivity index (χ3v) is 5.36. The fraction of sp³-hybridized carbons (Fsp3) is 0.364. The molecule has 18 heavy (non-hydrogen) atoms. The molecule has 7 heteroatoms. The van der Waals surface area contributed by atoms with Crippen molar-refractivity contribution in [2.75, 3.05) is 6.54 Å². The molecular formula is C11H13ClN2O3S. The summed E-state index contributed by atoms with van der Waals surface area (Å²) < 4.78 is 25.9. The summed E-state index contributed by atoms with van der Waals surface area (Å²) in [4.78, 5) is 11.3. The Balaban J connectivity index is 2.43. The fourth-order valence-electron chi connectivity index (χ4n) is 2.09. The van der Waals surface area contributed by atoms with Gasteiger partial charge in [0.05, 0.1) is 5.02 Å². The molecule has 1 amide bonds. The summed E-state index contributed by atoms with van der Waals surface area (Å²) in [7, 11) is -3.76. The van der Waals surface area contributed by atoms with Crippen LogP contribution in [0.2, 0.25) is 5.02 Å². The second kappa shape index (κ2) is 4.87. The summed E-state index contributed by atoms with van der Waals surface area (Å²) in [6.45, 7) is 0.293. The third-order valence-electron chi connectivity index (χ3n) is 2.96. The van der Waals surface area contributed by atoms with E-state index < -0.39 is 22.0 Å². The fourth-order valence-corrected chi connectivity index (χ4v) is 4.25. The van der Waals surface area contributed by atoms with Crippen LogP contribution in [0.1, 0.15) is 12.8 Å². The first-order chi connectivity index (χ1) is 8.44. The molecule has 1 aromatic carbocycles. The summed E-state index contributed by atoms with van der Waals surface area (Å²) in [5.74, 6) is -0.622. The zero-order chi connectivity index (χ0) is 13.3. The van der Waals surface area contributed by atoms with E-state index in [0.29, 0.717) is 19.4 Å². The van der Waals surface area contributed by atoms with E-state index in [9.17, 15) is 13.2 Å². The quantitative estimate of drug-likeness (QED) is 0.900. The average Bonchev–Trinajstić information content (AvgIpc) is 2.78. The Labute approximate surface area is 111 Å². The van der Waals surface area contributed by atoms with Crippen molar-refractivity contribution in [1.29, 1.82) is 0 Å². The lowest BCUT2D eigenvalue weighted by molar-refractivity contribution is -0.121. The van der Waals surface area contributed by atoms with E-state index in [4.69, 9.17) is 17.3 Å². The number of carbonyl (C=O) groups is 1.